The van der Waals surface area contributed by atoms with Crippen LogP contribution in [-0.2, 0) is 11.2 Å². The zero-order valence-corrected chi connectivity index (χ0v) is 12.4. The summed E-state index contributed by atoms with van der Waals surface area (Å²) in [5.41, 5.74) is 2.44. The third-order valence-electron chi connectivity index (χ3n) is 4.45. The van der Waals surface area contributed by atoms with E-state index in [0.29, 0.717) is 18.6 Å². The number of hydrogen-bond acceptors (Lipinski definition) is 3. The van der Waals surface area contributed by atoms with Crippen LogP contribution in [0, 0.1) is 0 Å². The van der Waals surface area contributed by atoms with Gasteiger partial charge in [-0.25, -0.2) is 0 Å². The van der Waals surface area contributed by atoms with Gasteiger partial charge in [0.2, 0.25) is 0 Å². The van der Waals surface area contributed by atoms with Crippen molar-refractivity contribution in [3.05, 3.63) is 34.9 Å². The molecule has 0 bridgehead atoms. The Morgan fingerprint density at radius 2 is 2.24 bits per heavy atom. The molecule has 3 rings (SSSR count). The number of ether oxygens (including phenoxy) is 1. The SMILES string of the molecule is CC[C@@H]1OCC[C@H]1NC(=O)c1ccc2c(c1)CCCC2=O. The van der Waals surface area contributed by atoms with Crippen molar-refractivity contribution in [3.8, 4) is 0 Å². The number of hydrogen-bond donors (Lipinski definition) is 1. The van der Waals surface area contributed by atoms with Crippen LogP contribution >= 0.6 is 0 Å². The first-order chi connectivity index (χ1) is 10.2. The van der Waals surface area contributed by atoms with Crippen molar-refractivity contribution >= 4 is 11.7 Å². The Labute approximate surface area is 124 Å². The molecule has 0 unspecified atom stereocenters. The van der Waals surface area contributed by atoms with Gasteiger partial charge in [0.1, 0.15) is 0 Å². The van der Waals surface area contributed by atoms with Crippen molar-refractivity contribution in [1.29, 1.82) is 0 Å². The summed E-state index contributed by atoms with van der Waals surface area (Å²) in [6.07, 6.45) is 4.28. The largest absolute Gasteiger partial charge is 0.376 e. The molecule has 4 nitrogen and oxygen atoms in total. The first-order valence-corrected chi connectivity index (χ1v) is 7.77. The fourth-order valence-corrected chi connectivity index (χ4v) is 3.26. The Hall–Kier alpha value is -1.68. The second-order valence-corrected chi connectivity index (χ2v) is 5.83. The highest BCUT2D eigenvalue weighted by Crippen LogP contribution is 2.23. The first kappa shape index (κ1) is 14.3. The molecule has 2 atom stereocenters. The van der Waals surface area contributed by atoms with Crippen molar-refractivity contribution in [2.24, 2.45) is 0 Å². The number of rotatable bonds is 3. The lowest BCUT2D eigenvalue weighted by Gasteiger charge is -2.19. The van der Waals surface area contributed by atoms with Gasteiger partial charge in [0.05, 0.1) is 12.1 Å². The van der Waals surface area contributed by atoms with Crippen LogP contribution in [0.3, 0.4) is 0 Å². The molecule has 1 saturated heterocycles. The molecule has 0 spiro atoms. The van der Waals surface area contributed by atoms with Crippen LogP contribution in [0.2, 0.25) is 0 Å². The van der Waals surface area contributed by atoms with E-state index in [2.05, 4.69) is 12.2 Å². The van der Waals surface area contributed by atoms with E-state index in [4.69, 9.17) is 4.74 Å². The van der Waals surface area contributed by atoms with E-state index in [1.807, 2.05) is 6.07 Å². The predicted octanol–water partition coefficient (Wildman–Crippen LogP) is 2.50. The summed E-state index contributed by atoms with van der Waals surface area (Å²) in [6.45, 7) is 2.78. The number of carbonyl (C=O) groups excluding carboxylic acids is 2. The van der Waals surface area contributed by atoms with Crippen LogP contribution in [0.15, 0.2) is 18.2 Å². The zero-order chi connectivity index (χ0) is 14.8. The van der Waals surface area contributed by atoms with Gasteiger partial charge in [-0.05, 0) is 43.4 Å². The van der Waals surface area contributed by atoms with Crippen LogP contribution in [0.25, 0.3) is 0 Å². The van der Waals surface area contributed by atoms with Gasteiger partial charge in [-0.2, -0.15) is 0 Å². The highest BCUT2D eigenvalue weighted by Gasteiger charge is 2.28. The number of nitrogens with one attached hydrogen (secondary N) is 1. The number of benzene rings is 1. The van der Waals surface area contributed by atoms with E-state index >= 15 is 0 Å². The maximum atomic E-state index is 12.4. The number of fused-ring (bicyclic) bond motifs is 1. The third-order valence-corrected chi connectivity index (χ3v) is 4.45. The van der Waals surface area contributed by atoms with Crippen molar-refractivity contribution in [3.63, 3.8) is 0 Å². The third kappa shape index (κ3) is 2.86. The molecule has 1 aromatic rings. The summed E-state index contributed by atoms with van der Waals surface area (Å²) in [7, 11) is 0. The van der Waals surface area contributed by atoms with Gasteiger partial charge in [0, 0.05) is 24.2 Å². The number of aryl methyl sites for hydroxylation is 1. The van der Waals surface area contributed by atoms with E-state index in [9.17, 15) is 9.59 Å². The summed E-state index contributed by atoms with van der Waals surface area (Å²) >= 11 is 0. The van der Waals surface area contributed by atoms with E-state index in [0.717, 1.165) is 36.8 Å². The van der Waals surface area contributed by atoms with E-state index in [1.54, 1.807) is 12.1 Å². The maximum Gasteiger partial charge on any atom is 0.251 e. The second kappa shape index (κ2) is 5.98. The fourth-order valence-electron chi connectivity index (χ4n) is 3.26. The smallest absolute Gasteiger partial charge is 0.251 e. The highest BCUT2D eigenvalue weighted by atomic mass is 16.5. The van der Waals surface area contributed by atoms with Crippen LogP contribution in [0.5, 0.6) is 0 Å². The highest BCUT2D eigenvalue weighted by molar-refractivity contribution is 6.01. The summed E-state index contributed by atoms with van der Waals surface area (Å²) in [5, 5.41) is 3.07. The van der Waals surface area contributed by atoms with E-state index in [1.165, 1.54) is 0 Å². The predicted molar refractivity (Wildman–Crippen MR) is 79.6 cm³/mol. The van der Waals surface area contributed by atoms with Crippen LogP contribution in [0.1, 0.15) is 58.9 Å². The normalized spacial score (nSPS) is 24.7. The minimum absolute atomic E-state index is 0.0650. The molecule has 1 aliphatic heterocycles. The monoisotopic (exact) mass is 287 g/mol. The molecule has 0 radical (unpaired) electrons. The van der Waals surface area contributed by atoms with Gasteiger partial charge in [0.25, 0.3) is 5.91 Å². The molecule has 4 heteroatoms. The Morgan fingerprint density at radius 3 is 3.05 bits per heavy atom. The molecule has 1 heterocycles. The average Bonchev–Trinajstić information content (AvgIpc) is 2.94. The average molecular weight is 287 g/mol. The van der Waals surface area contributed by atoms with Crippen LogP contribution in [-0.4, -0.2) is 30.4 Å². The summed E-state index contributed by atoms with van der Waals surface area (Å²) in [4.78, 5) is 24.2. The second-order valence-electron chi connectivity index (χ2n) is 5.83. The Morgan fingerprint density at radius 1 is 1.38 bits per heavy atom. The molecule has 112 valence electrons. The molecule has 1 aromatic carbocycles. The lowest BCUT2D eigenvalue weighted by molar-refractivity contribution is 0.0808. The van der Waals surface area contributed by atoms with Gasteiger partial charge in [-0.3, -0.25) is 9.59 Å². The Balaban J connectivity index is 1.74. The standard InChI is InChI=1S/C17H21NO3/c1-2-16-14(8-9-21-16)18-17(20)12-6-7-13-11(10-12)4-3-5-15(13)19/h6-7,10,14,16H,2-5,8-9H2,1H3,(H,18,20)/t14-,16+/m1/s1. The quantitative estimate of drug-likeness (QED) is 0.929. The molecular formula is C17H21NO3. The Bertz CT molecular complexity index is 567. The molecule has 0 aromatic heterocycles. The molecule has 1 amide bonds. The molecule has 2 aliphatic rings. The molecule has 1 N–H and O–H groups in total. The number of Topliss-reactive ketones (excluding diaryl/α,β-unsaturated/α-hetero) is 1. The van der Waals surface area contributed by atoms with Gasteiger partial charge in [-0.1, -0.05) is 13.0 Å². The van der Waals surface area contributed by atoms with Crippen LogP contribution in [0.4, 0.5) is 0 Å². The van der Waals surface area contributed by atoms with Gasteiger partial charge in [0.15, 0.2) is 5.78 Å². The van der Waals surface area contributed by atoms with Crippen molar-refractivity contribution in [2.75, 3.05) is 6.61 Å². The topological polar surface area (TPSA) is 55.4 Å². The fraction of sp³-hybridized carbons (Fsp3) is 0.529. The molecule has 0 saturated carbocycles. The first-order valence-electron chi connectivity index (χ1n) is 7.77. The van der Waals surface area contributed by atoms with Crippen molar-refractivity contribution in [1.82, 2.24) is 5.32 Å². The maximum absolute atomic E-state index is 12.4. The van der Waals surface area contributed by atoms with Gasteiger partial charge in [-0.15, -0.1) is 0 Å². The minimum atomic E-state index is -0.0650. The number of ketones is 1. The van der Waals surface area contributed by atoms with Crippen molar-refractivity contribution in [2.45, 2.75) is 51.2 Å². The van der Waals surface area contributed by atoms with E-state index < -0.39 is 0 Å². The van der Waals surface area contributed by atoms with Crippen molar-refractivity contribution < 1.29 is 14.3 Å². The summed E-state index contributed by atoms with van der Waals surface area (Å²) in [6, 6.07) is 5.53. The number of amides is 1. The molecular weight excluding hydrogens is 266 g/mol. The van der Waals surface area contributed by atoms with Gasteiger partial charge >= 0.3 is 0 Å². The summed E-state index contributed by atoms with van der Waals surface area (Å²) < 4.78 is 5.60. The lowest BCUT2D eigenvalue weighted by atomic mass is 9.89. The molecule has 1 fully saturated rings. The van der Waals surface area contributed by atoms with Gasteiger partial charge < -0.3 is 10.1 Å². The zero-order valence-electron chi connectivity index (χ0n) is 12.4. The summed E-state index contributed by atoms with van der Waals surface area (Å²) in [5.74, 6) is 0.128. The number of carbonyl (C=O) groups is 2. The minimum Gasteiger partial charge on any atom is -0.376 e. The lowest BCUT2D eigenvalue weighted by Crippen LogP contribution is -2.40. The van der Waals surface area contributed by atoms with E-state index in [-0.39, 0.29) is 23.8 Å². The molecule has 1 aliphatic carbocycles. The molecule has 21 heavy (non-hydrogen) atoms. The Kier molecular flexibility index (Phi) is 4.06. The van der Waals surface area contributed by atoms with Crippen LogP contribution < -0.4 is 5.32 Å².